The number of carbonyl (C=O) groups excluding carboxylic acids is 1. The molecule has 5 nitrogen and oxygen atoms in total. The molecule has 2 aliphatic carbocycles. The van der Waals surface area contributed by atoms with Crippen molar-refractivity contribution in [3.8, 4) is 0 Å². The molecular formula is C18H26Cl2N4O. The molecule has 2 aromatic rings. The van der Waals surface area contributed by atoms with Crippen LogP contribution in [0, 0.1) is 17.8 Å². The Bertz CT molecular complexity index is 706. The van der Waals surface area contributed by atoms with Crippen LogP contribution in [0.2, 0.25) is 0 Å². The summed E-state index contributed by atoms with van der Waals surface area (Å²) >= 11 is 0. The molecule has 0 aromatic carbocycles. The highest BCUT2D eigenvalue weighted by molar-refractivity contribution is 5.85. The summed E-state index contributed by atoms with van der Waals surface area (Å²) in [5, 5.41) is 3.11. The summed E-state index contributed by atoms with van der Waals surface area (Å²) in [7, 11) is 0. The molecule has 0 aliphatic heterocycles. The van der Waals surface area contributed by atoms with Crippen molar-refractivity contribution >= 4 is 36.4 Å². The Morgan fingerprint density at radius 3 is 2.68 bits per heavy atom. The minimum absolute atomic E-state index is 0. The topological polar surface area (TPSA) is 72.4 Å². The SMILES string of the molecule is Cl.Cl.NC1C2CCCC1CC(C(=O)NCc1ccn3ccnc3c1)C2. The smallest absolute Gasteiger partial charge is 0.223 e. The molecule has 2 unspecified atom stereocenters. The molecule has 1 amide bonds. The fourth-order valence-corrected chi connectivity index (χ4v) is 4.40. The maximum atomic E-state index is 12.6. The van der Waals surface area contributed by atoms with E-state index in [1.807, 2.05) is 28.9 Å². The summed E-state index contributed by atoms with van der Waals surface area (Å²) in [6, 6.07) is 4.36. The molecule has 2 heterocycles. The van der Waals surface area contributed by atoms with Crippen molar-refractivity contribution < 1.29 is 4.79 Å². The van der Waals surface area contributed by atoms with Crippen LogP contribution in [0.1, 0.15) is 37.7 Å². The Kier molecular flexibility index (Phi) is 6.72. The first kappa shape index (κ1) is 20.0. The lowest BCUT2D eigenvalue weighted by Gasteiger charge is -2.43. The van der Waals surface area contributed by atoms with Crippen LogP contribution in [-0.2, 0) is 11.3 Å². The maximum Gasteiger partial charge on any atom is 0.223 e. The van der Waals surface area contributed by atoms with E-state index in [0.29, 0.717) is 24.4 Å². The maximum absolute atomic E-state index is 12.6. The fraction of sp³-hybridized carbons (Fsp3) is 0.556. The third-order valence-corrected chi connectivity index (χ3v) is 5.71. The van der Waals surface area contributed by atoms with E-state index in [0.717, 1.165) is 24.1 Å². The monoisotopic (exact) mass is 384 g/mol. The van der Waals surface area contributed by atoms with Crippen LogP contribution in [0.4, 0.5) is 0 Å². The largest absolute Gasteiger partial charge is 0.352 e. The van der Waals surface area contributed by atoms with E-state index in [1.165, 1.54) is 19.3 Å². The molecule has 2 aliphatic rings. The zero-order valence-electron chi connectivity index (χ0n) is 14.1. The van der Waals surface area contributed by atoms with Crippen molar-refractivity contribution in [1.82, 2.24) is 14.7 Å². The van der Waals surface area contributed by atoms with E-state index in [9.17, 15) is 4.79 Å². The highest BCUT2D eigenvalue weighted by Crippen LogP contribution is 2.41. The van der Waals surface area contributed by atoms with Gasteiger partial charge in [0.15, 0.2) is 0 Å². The predicted octanol–water partition coefficient (Wildman–Crippen LogP) is 2.95. The number of carbonyl (C=O) groups is 1. The normalized spacial score (nSPS) is 27.9. The van der Waals surface area contributed by atoms with Gasteiger partial charge in [0, 0.05) is 37.1 Å². The Morgan fingerprint density at radius 2 is 1.96 bits per heavy atom. The highest BCUT2D eigenvalue weighted by atomic mass is 35.5. The zero-order chi connectivity index (χ0) is 15.8. The Labute approximate surface area is 160 Å². The molecular weight excluding hydrogens is 359 g/mol. The van der Waals surface area contributed by atoms with Crippen LogP contribution < -0.4 is 11.1 Å². The van der Waals surface area contributed by atoms with Gasteiger partial charge in [-0.05, 0) is 55.2 Å². The lowest BCUT2D eigenvalue weighted by Crippen LogP contribution is -2.49. The number of nitrogens with zero attached hydrogens (tertiary/aromatic N) is 2. The molecule has 0 saturated heterocycles. The van der Waals surface area contributed by atoms with Crippen LogP contribution >= 0.6 is 24.8 Å². The van der Waals surface area contributed by atoms with Gasteiger partial charge in [0.1, 0.15) is 5.65 Å². The number of nitrogens with one attached hydrogen (secondary N) is 1. The van der Waals surface area contributed by atoms with Crippen LogP contribution in [-0.4, -0.2) is 21.3 Å². The molecule has 0 spiro atoms. The van der Waals surface area contributed by atoms with Gasteiger partial charge in [0.2, 0.25) is 5.91 Å². The van der Waals surface area contributed by atoms with Gasteiger partial charge in [-0.3, -0.25) is 4.79 Å². The average molecular weight is 385 g/mol. The van der Waals surface area contributed by atoms with Gasteiger partial charge in [-0.1, -0.05) is 6.42 Å². The average Bonchev–Trinajstić information content (AvgIpc) is 3.00. The van der Waals surface area contributed by atoms with Crippen molar-refractivity contribution in [1.29, 1.82) is 0 Å². The van der Waals surface area contributed by atoms with Gasteiger partial charge in [0.05, 0.1) is 0 Å². The Morgan fingerprint density at radius 1 is 1.24 bits per heavy atom. The van der Waals surface area contributed by atoms with Crippen LogP contribution in [0.25, 0.3) is 5.65 Å². The second kappa shape index (κ2) is 8.39. The first-order chi connectivity index (χ1) is 11.2. The standard InChI is InChI=1S/C18H24N4O.2ClH/c19-17-13-2-1-3-14(17)10-15(9-13)18(23)21-11-12-4-6-22-7-5-20-16(22)8-12;;/h4-8,13-15,17H,1-3,9-11,19H2,(H,21,23);2*1H. The number of fused-ring (bicyclic) bond motifs is 3. The van der Waals surface area contributed by atoms with Gasteiger partial charge < -0.3 is 15.5 Å². The molecule has 138 valence electrons. The molecule has 4 rings (SSSR count). The van der Waals surface area contributed by atoms with Crippen molar-refractivity contribution in [3.63, 3.8) is 0 Å². The van der Waals surface area contributed by atoms with Crippen LogP contribution in [0.3, 0.4) is 0 Å². The second-order valence-corrected chi connectivity index (χ2v) is 7.14. The molecule has 2 aromatic heterocycles. The summed E-state index contributed by atoms with van der Waals surface area (Å²) in [6.07, 6.45) is 11.3. The van der Waals surface area contributed by atoms with E-state index in [1.54, 1.807) is 6.20 Å². The number of rotatable bonds is 3. The summed E-state index contributed by atoms with van der Waals surface area (Å²) in [6.45, 7) is 0.570. The molecule has 7 heteroatoms. The van der Waals surface area contributed by atoms with Crippen molar-refractivity contribution in [2.45, 2.75) is 44.7 Å². The molecule has 2 saturated carbocycles. The lowest BCUT2D eigenvalue weighted by molar-refractivity contribution is -0.128. The molecule has 2 atom stereocenters. The number of aromatic nitrogens is 2. The van der Waals surface area contributed by atoms with Crippen LogP contribution in [0.15, 0.2) is 30.7 Å². The summed E-state index contributed by atoms with van der Waals surface area (Å²) in [5.74, 6) is 1.41. The molecule has 2 bridgehead atoms. The molecule has 3 N–H and O–H groups in total. The third-order valence-electron chi connectivity index (χ3n) is 5.71. The van der Waals surface area contributed by atoms with Gasteiger partial charge in [0.25, 0.3) is 0 Å². The third kappa shape index (κ3) is 4.10. The van der Waals surface area contributed by atoms with Gasteiger partial charge >= 0.3 is 0 Å². The quantitative estimate of drug-likeness (QED) is 0.853. The van der Waals surface area contributed by atoms with Crippen LogP contribution in [0.5, 0.6) is 0 Å². The minimum Gasteiger partial charge on any atom is -0.352 e. The van der Waals surface area contributed by atoms with E-state index >= 15 is 0 Å². The number of pyridine rings is 1. The number of nitrogens with two attached hydrogens (primary N) is 1. The summed E-state index contributed by atoms with van der Waals surface area (Å²) in [5.41, 5.74) is 8.31. The van der Waals surface area contributed by atoms with Gasteiger partial charge in [-0.25, -0.2) is 4.98 Å². The highest BCUT2D eigenvalue weighted by Gasteiger charge is 2.40. The van der Waals surface area contributed by atoms with Gasteiger partial charge in [-0.15, -0.1) is 24.8 Å². The van der Waals surface area contributed by atoms with E-state index in [-0.39, 0.29) is 36.6 Å². The van der Waals surface area contributed by atoms with Crippen molar-refractivity contribution in [3.05, 3.63) is 36.3 Å². The molecule has 25 heavy (non-hydrogen) atoms. The Hall–Kier alpha value is -1.30. The summed E-state index contributed by atoms with van der Waals surface area (Å²) < 4.78 is 1.97. The minimum atomic E-state index is 0. The predicted molar refractivity (Wildman–Crippen MR) is 103 cm³/mol. The number of hydrogen-bond acceptors (Lipinski definition) is 3. The fourth-order valence-electron chi connectivity index (χ4n) is 4.40. The summed E-state index contributed by atoms with van der Waals surface area (Å²) in [4.78, 5) is 16.8. The van der Waals surface area contributed by atoms with E-state index < -0.39 is 0 Å². The molecule has 0 radical (unpaired) electrons. The number of imidazole rings is 1. The number of amides is 1. The second-order valence-electron chi connectivity index (χ2n) is 7.14. The first-order valence-corrected chi connectivity index (χ1v) is 8.65. The van der Waals surface area contributed by atoms with Crippen molar-refractivity contribution in [2.24, 2.45) is 23.5 Å². The van der Waals surface area contributed by atoms with Crippen molar-refractivity contribution in [2.75, 3.05) is 0 Å². The van der Waals surface area contributed by atoms with E-state index in [4.69, 9.17) is 5.73 Å². The number of halogens is 2. The van der Waals surface area contributed by atoms with E-state index in [2.05, 4.69) is 10.3 Å². The molecule has 2 fully saturated rings. The number of hydrogen-bond donors (Lipinski definition) is 2. The zero-order valence-corrected chi connectivity index (χ0v) is 15.8. The lowest BCUT2D eigenvalue weighted by atomic mass is 9.65. The van der Waals surface area contributed by atoms with Gasteiger partial charge in [-0.2, -0.15) is 0 Å². The Balaban J connectivity index is 0.00000113. The first-order valence-electron chi connectivity index (χ1n) is 8.65.